The Labute approximate surface area is 124 Å². The zero-order valence-corrected chi connectivity index (χ0v) is 14.0. The highest BCUT2D eigenvalue weighted by Gasteiger charge is 2.32. The molecule has 0 aliphatic carbocycles. The molecule has 116 valence electrons. The van der Waals surface area contributed by atoms with Crippen LogP contribution in [0.15, 0.2) is 0 Å². The molecule has 19 heavy (non-hydrogen) atoms. The van der Waals surface area contributed by atoms with Gasteiger partial charge in [-0.2, -0.15) is 13.2 Å². The smallest absolute Gasteiger partial charge is 0.171 e. The van der Waals surface area contributed by atoms with E-state index in [9.17, 15) is 13.2 Å². The van der Waals surface area contributed by atoms with E-state index in [1.54, 1.807) is 0 Å². The molecule has 0 saturated heterocycles. The Kier molecular flexibility index (Phi) is 9.38. The van der Waals surface area contributed by atoms with Crippen molar-refractivity contribution in [3.8, 4) is 0 Å². The van der Waals surface area contributed by atoms with Crippen LogP contribution in [0.25, 0.3) is 0 Å². The van der Waals surface area contributed by atoms with Crippen molar-refractivity contribution >= 4 is 15.9 Å². The summed E-state index contributed by atoms with van der Waals surface area (Å²) in [5.74, 6) is 0.0975. The van der Waals surface area contributed by atoms with Gasteiger partial charge in [-0.1, -0.05) is 61.4 Å². The minimum Gasteiger partial charge on any atom is -0.171 e. The Morgan fingerprint density at radius 3 is 1.89 bits per heavy atom. The number of halogens is 4. The predicted molar refractivity (Wildman–Crippen MR) is 79.8 cm³/mol. The van der Waals surface area contributed by atoms with Crippen molar-refractivity contribution in [3.05, 3.63) is 0 Å². The fourth-order valence-corrected chi connectivity index (χ4v) is 2.80. The number of hydrogen-bond donors (Lipinski definition) is 0. The second kappa shape index (κ2) is 9.25. The molecule has 0 rings (SSSR count). The second-order valence-electron chi connectivity index (χ2n) is 5.97. The van der Waals surface area contributed by atoms with Gasteiger partial charge in [-0.25, -0.2) is 0 Å². The van der Waals surface area contributed by atoms with E-state index in [4.69, 9.17) is 0 Å². The number of unbranched alkanes of at least 4 members (excludes halogenated alkanes) is 5. The molecule has 0 N–H and O–H groups in total. The summed E-state index contributed by atoms with van der Waals surface area (Å²) in [7, 11) is 0. The first-order valence-electron chi connectivity index (χ1n) is 7.42. The highest BCUT2D eigenvalue weighted by molar-refractivity contribution is 9.10. The first-order chi connectivity index (χ1) is 8.67. The van der Waals surface area contributed by atoms with Crippen molar-refractivity contribution in [1.29, 1.82) is 0 Å². The minimum absolute atomic E-state index is 0.0975. The number of alkyl halides is 4. The van der Waals surface area contributed by atoms with Crippen molar-refractivity contribution < 1.29 is 13.2 Å². The summed E-state index contributed by atoms with van der Waals surface area (Å²) >= 11 is 3.54. The first-order valence-corrected chi connectivity index (χ1v) is 8.21. The maximum absolute atomic E-state index is 12.3. The van der Waals surface area contributed by atoms with Gasteiger partial charge in [0.15, 0.2) is 0 Å². The lowest BCUT2D eigenvalue weighted by atomic mass is 9.86. The predicted octanol–water partition coefficient (Wildman–Crippen LogP) is 6.87. The Balaban J connectivity index is 3.95. The molecule has 0 bridgehead atoms. The first kappa shape index (κ1) is 19.3. The molecule has 0 fully saturated rings. The average Bonchev–Trinajstić information content (AvgIpc) is 2.23. The normalized spacial score (nSPS) is 14.7. The molecule has 0 aromatic carbocycles. The van der Waals surface area contributed by atoms with Crippen LogP contribution in [0.5, 0.6) is 0 Å². The molecule has 1 atom stereocenters. The zero-order valence-electron chi connectivity index (χ0n) is 12.5. The van der Waals surface area contributed by atoms with Gasteiger partial charge in [0.25, 0.3) is 0 Å². The van der Waals surface area contributed by atoms with Crippen LogP contribution in [0.2, 0.25) is 0 Å². The largest absolute Gasteiger partial charge is 0.389 e. The fourth-order valence-electron chi connectivity index (χ4n) is 2.34. The summed E-state index contributed by atoms with van der Waals surface area (Å²) in [6, 6.07) is 0. The summed E-state index contributed by atoms with van der Waals surface area (Å²) in [6.07, 6.45) is 3.57. The van der Waals surface area contributed by atoms with Crippen LogP contribution in [0.3, 0.4) is 0 Å². The van der Waals surface area contributed by atoms with Crippen LogP contribution >= 0.6 is 15.9 Å². The topological polar surface area (TPSA) is 0 Å². The molecule has 1 unspecified atom stereocenters. The number of rotatable bonds is 10. The molecule has 0 aliphatic heterocycles. The molecule has 0 aromatic rings. The van der Waals surface area contributed by atoms with Crippen LogP contribution < -0.4 is 0 Å². The van der Waals surface area contributed by atoms with E-state index in [1.165, 1.54) is 25.7 Å². The van der Waals surface area contributed by atoms with Crippen molar-refractivity contribution in [3.63, 3.8) is 0 Å². The molecule has 0 heterocycles. The quantitative estimate of drug-likeness (QED) is 0.299. The molecule has 0 spiro atoms. The van der Waals surface area contributed by atoms with Crippen LogP contribution in [0.1, 0.15) is 78.6 Å². The van der Waals surface area contributed by atoms with Gasteiger partial charge in [0.1, 0.15) is 0 Å². The maximum Gasteiger partial charge on any atom is 0.389 e. The molecule has 0 saturated carbocycles. The molecule has 0 nitrogen and oxygen atoms in total. The van der Waals surface area contributed by atoms with Crippen molar-refractivity contribution in [2.24, 2.45) is 5.92 Å². The van der Waals surface area contributed by atoms with Gasteiger partial charge in [-0.15, -0.1) is 0 Å². The SMILES string of the molecule is CCCCCCCCC(CCC(F)(F)F)C(C)(C)Br. The highest BCUT2D eigenvalue weighted by Crippen LogP contribution is 2.37. The third kappa shape index (κ3) is 11.8. The summed E-state index contributed by atoms with van der Waals surface area (Å²) in [6.45, 7) is 6.14. The van der Waals surface area contributed by atoms with Gasteiger partial charge in [-0.05, 0) is 32.6 Å². The van der Waals surface area contributed by atoms with Gasteiger partial charge in [0, 0.05) is 10.7 Å². The van der Waals surface area contributed by atoms with E-state index in [2.05, 4.69) is 22.9 Å². The third-order valence-corrected chi connectivity index (χ3v) is 4.30. The van der Waals surface area contributed by atoms with Gasteiger partial charge < -0.3 is 0 Å². The molecular weight excluding hydrogens is 317 g/mol. The molecule has 0 amide bonds. The highest BCUT2D eigenvalue weighted by atomic mass is 79.9. The van der Waals surface area contributed by atoms with Crippen LogP contribution in [0, 0.1) is 5.92 Å². The molecule has 0 aliphatic rings. The second-order valence-corrected chi connectivity index (χ2v) is 8.02. The van der Waals surface area contributed by atoms with E-state index < -0.39 is 12.6 Å². The molecular formula is C15H28BrF3. The number of hydrogen-bond acceptors (Lipinski definition) is 0. The molecule has 0 aromatic heterocycles. The zero-order chi connectivity index (χ0) is 14.9. The van der Waals surface area contributed by atoms with Crippen molar-refractivity contribution in [2.45, 2.75) is 89.1 Å². The van der Waals surface area contributed by atoms with E-state index in [-0.39, 0.29) is 16.7 Å². The molecule has 0 radical (unpaired) electrons. The van der Waals surface area contributed by atoms with Crippen LogP contribution in [0.4, 0.5) is 13.2 Å². The van der Waals surface area contributed by atoms with Crippen LogP contribution in [-0.4, -0.2) is 10.5 Å². The van der Waals surface area contributed by atoms with Crippen LogP contribution in [-0.2, 0) is 0 Å². The van der Waals surface area contributed by atoms with Gasteiger partial charge in [0.2, 0.25) is 0 Å². The van der Waals surface area contributed by atoms with Crippen molar-refractivity contribution in [2.75, 3.05) is 0 Å². The van der Waals surface area contributed by atoms with E-state index in [0.717, 1.165) is 19.3 Å². The lowest BCUT2D eigenvalue weighted by Gasteiger charge is -2.29. The maximum atomic E-state index is 12.3. The van der Waals surface area contributed by atoms with Gasteiger partial charge in [-0.3, -0.25) is 0 Å². The summed E-state index contributed by atoms with van der Waals surface area (Å²) < 4.78 is 36.7. The Morgan fingerprint density at radius 1 is 0.895 bits per heavy atom. The van der Waals surface area contributed by atoms with Crippen molar-refractivity contribution in [1.82, 2.24) is 0 Å². The Bertz CT molecular complexity index is 218. The van der Waals surface area contributed by atoms with E-state index >= 15 is 0 Å². The summed E-state index contributed by atoms with van der Waals surface area (Å²) in [4.78, 5) is 0. The third-order valence-electron chi connectivity index (χ3n) is 3.65. The lowest BCUT2D eigenvalue weighted by molar-refractivity contribution is -0.138. The Morgan fingerprint density at radius 2 is 1.42 bits per heavy atom. The minimum atomic E-state index is -4.03. The van der Waals surface area contributed by atoms with E-state index in [1.807, 2.05) is 13.8 Å². The van der Waals surface area contributed by atoms with Gasteiger partial charge in [0.05, 0.1) is 0 Å². The monoisotopic (exact) mass is 344 g/mol. The average molecular weight is 345 g/mol. The summed E-state index contributed by atoms with van der Waals surface area (Å²) in [5.41, 5.74) is 0. The van der Waals surface area contributed by atoms with Gasteiger partial charge >= 0.3 is 6.18 Å². The fraction of sp³-hybridized carbons (Fsp3) is 1.00. The summed E-state index contributed by atoms with van der Waals surface area (Å²) in [5, 5.41) is 0. The standard InChI is InChI=1S/C15H28BrF3/c1-4-5-6-7-8-9-10-13(14(2,3)16)11-12-15(17,18)19/h13H,4-12H2,1-3H3. The lowest BCUT2D eigenvalue weighted by Crippen LogP contribution is -2.26. The Hall–Kier alpha value is 0.270. The van der Waals surface area contributed by atoms with E-state index in [0.29, 0.717) is 0 Å². The molecule has 4 heteroatoms.